The van der Waals surface area contributed by atoms with Crippen LogP contribution in [0.25, 0.3) is 0 Å². The first kappa shape index (κ1) is 16.1. The Kier molecular flexibility index (Phi) is 5.35. The highest BCUT2D eigenvalue weighted by molar-refractivity contribution is 7.99. The van der Waals surface area contributed by atoms with Crippen LogP contribution in [0.3, 0.4) is 0 Å². The van der Waals surface area contributed by atoms with Crippen molar-refractivity contribution < 1.29 is 4.79 Å². The lowest BCUT2D eigenvalue weighted by Gasteiger charge is -2.33. The zero-order chi connectivity index (χ0) is 16.1. The number of nitrogens with one attached hydrogen (secondary N) is 1. The number of thioether (sulfide) groups is 1. The van der Waals surface area contributed by atoms with E-state index in [1.54, 1.807) is 10.9 Å². The molecule has 3 rings (SSSR count). The number of hydrogen-bond donors (Lipinski definition) is 1. The quantitative estimate of drug-likeness (QED) is 0.909. The second-order valence-electron chi connectivity index (χ2n) is 5.70. The molecule has 1 fully saturated rings. The first-order chi connectivity index (χ1) is 11.2. The van der Waals surface area contributed by atoms with Crippen LogP contribution in [0.2, 0.25) is 0 Å². The number of carbonyl (C=O) groups is 1. The van der Waals surface area contributed by atoms with Gasteiger partial charge in [-0.2, -0.15) is 16.9 Å². The summed E-state index contributed by atoms with van der Waals surface area (Å²) in [5.74, 6) is 2.23. The first-order valence-electron chi connectivity index (χ1n) is 7.86. The fraction of sp³-hybridized carbons (Fsp3) is 0.412. The van der Waals surface area contributed by atoms with Gasteiger partial charge >= 0.3 is 0 Å². The van der Waals surface area contributed by atoms with Gasteiger partial charge in [0.2, 0.25) is 5.91 Å². The number of hydrogen-bond acceptors (Lipinski definition) is 4. The molecule has 0 unspecified atom stereocenters. The maximum Gasteiger partial charge on any atom is 0.242 e. The highest BCUT2D eigenvalue weighted by Crippen LogP contribution is 2.24. The molecule has 122 valence electrons. The van der Waals surface area contributed by atoms with E-state index in [0.29, 0.717) is 6.54 Å². The van der Waals surface area contributed by atoms with Gasteiger partial charge in [0.05, 0.1) is 6.20 Å². The summed E-state index contributed by atoms with van der Waals surface area (Å²) >= 11 is 1.95. The molecule has 0 bridgehead atoms. The van der Waals surface area contributed by atoms with Crippen molar-refractivity contribution in [1.29, 1.82) is 0 Å². The van der Waals surface area contributed by atoms with E-state index in [1.807, 2.05) is 55.3 Å². The monoisotopic (exact) mass is 330 g/mol. The number of rotatable bonds is 5. The minimum Gasteiger partial charge on any atom is -0.350 e. The van der Waals surface area contributed by atoms with Gasteiger partial charge in [0.1, 0.15) is 6.04 Å². The van der Waals surface area contributed by atoms with Gasteiger partial charge in [-0.1, -0.05) is 30.3 Å². The van der Waals surface area contributed by atoms with Crippen molar-refractivity contribution in [2.24, 2.45) is 7.05 Å². The second kappa shape index (κ2) is 7.66. The molecule has 0 aliphatic carbocycles. The van der Waals surface area contributed by atoms with Crippen molar-refractivity contribution in [1.82, 2.24) is 20.0 Å². The van der Waals surface area contributed by atoms with Crippen LogP contribution >= 0.6 is 11.8 Å². The second-order valence-corrected chi connectivity index (χ2v) is 6.93. The van der Waals surface area contributed by atoms with E-state index in [-0.39, 0.29) is 11.9 Å². The van der Waals surface area contributed by atoms with Crippen molar-refractivity contribution >= 4 is 17.7 Å². The smallest absolute Gasteiger partial charge is 0.242 e. The average Bonchev–Trinajstić information content (AvgIpc) is 3.01. The van der Waals surface area contributed by atoms with Crippen LogP contribution in [0.15, 0.2) is 42.7 Å². The molecule has 1 amide bonds. The van der Waals surface area contributed by atoms with Gasteiger partial charge in [-0.05, 0) is 5.56 Å². The number of carbonyl (C=O) groups excluding carboxylic acids is 1. The molecule has 0 radical (unpaired) electrons. The number of nitrogens with zero attached hydrogens (tertiary/aromatic N) is 3. The van der Waals surface area contributed by atoms with Crippen LogP contribution < -0.4 is 5.32 Å². The number of aryl methyl sites for hydroxylation is 1. The molecule has 2 aromatic rings. The van der Waals surface area contributed by atoms with Crippen LogP contribution in [0.5, 0.6) is 0 Å². The molecule has 2 heterocycles. The summed E-state index contributed by atoms with van der Waals surface area (Å²) in [4.78, 5) is 15.1. The molecule has 1 N–H and O–H groups in total. The van der Waals surface area contributed by atoms with Crippen molar-refractivity contribution in [3.05, 3.63) is 53.9 Å². The summed E-state index contributed by atoms with van der Waals surface area (Å²) in [6, 6.07) is 9.84. The maximum absolute atomic E-state index is 12.8. The molecular formula is C17H22N4OS. The van der Waals surface area contributed by atoms with Gasteiger partial charge < -0.3 is 5.32 Å². The fourth-order valence-corrected chi connectivity index (χ4v) is 3.78. The first-order valence-corrected chi connectivity index (χ1v) is 9.01. The Labute approximate surface area is 141 Å². The Bertz CT molecular complexity index is 637. The predicted molar refractivity (Wildman–Crippen MR) is 93.1 cm³/mol. The van der Waals surface area contributed by atoms with Crippen LogP contribution in [-0.2, 0) is 18.4 Å². The number of amides is 1. The summed E-state index contributed by atoms with van der Waals surface area (Å²) in [5.41, 5.74) is 2.07. The van der Waals surface area contributed by atoms with Crippen LogP contribution in [-0.4, -0.2) is 45.2 Å². The standard InChI is InChI=1S/C17H22N4OS/c1-20-13-14(12-19-20)11-18-17(22)16(15-5-3-2-4-6-15)21-7-9-23-10-8-21/h2-6,12-13,16H,7-11H2,1H3,(H,18,22)/t16-/m0/s1. The zero-order valence-corrected chi connectivity index (χ0v) is 14.1. The Morgan fingerprint density at radius 3 is 2.70 bits per heavy atom. The molecule has 1 aliphatic heterocycles. The van der Waals surface area contributed by atoms with Gasteiger partial charge in [-0.25, -0.2) is 0 Å². The molecule has 23 heavy (non-hydrogen) atoms. The summed E-state index contributed by atoms with van der Waals surface area (Å²) in [6.45, 7) is 2.41. The summed E-state index contributed by atoms with van der Waals surface area (Å²) in [5, 5.41) is 7.21. The highest BCUT2D eigenvalue weighted by atomic mass is 32.2. The molecule has 6 heteroatoms. The van der Waals surface area contributed by atoms with Crippen molar-refractivity contribution in [3.63, 3.8) is 0 Å². The van der Waals surface area contributed by atoms with Gasteiger partial charge in [0, 0.05) is 49.9 Å². The minimum absolute atomic E-state index is 0.0620. The van der Waals surface area contributed by atoms with E-state index >= 15 is 0 Å². The average molecular weight is 330 g/mol. The van der Waals surface area contributed by atoms with E-state index in [0.717, 1.165) is 35.7 Å². The van der Waals surface area contributed by atoms with Crippen molar-refractivity contribution in [2.75, 3.05) is 24.6 Å². The van der Waals surface area contributed by atoms with E-state index in [9.17, 15) is 4.79 Å². The Balaban J connectivity index is 1.72. The maximum atomic E-state index is 12.8. The number of benzene rings is 1. The minimum atomic E-state index is -0.214. The molecule has 5 nitrogen and oxygen atoms in total. The van der Waals surface area contributed by atoms with E-state index in [4.69, 9.17) is 0 Å². The third-order valence-corrected chi connectivity index (χ3v) is 4.94. The lowest BCUT2D eigenvalue weighted by Crippen LogP contribution is -2.44. The molecule has 0 saturated carbocycles. The predicted octanol–water partition coefficient (Wildman–Crippen LogP) is 1.83. The third kappa shape index (κ3) is 4.14. The largest absolute Gasteiger partial charge is 0.350 e. The SMILES string of the molecule is Cn1cc(CNC(=O)[C@H](c2ccccc2)N2CCSCC2)cn1. The summed E-state index contributed by atoms with van der Waals surface area (Å²) in [7, 11) is 1.88. The molecule has 1 aromatic carbocycles. The molecule has 1 aromatic heterocycles. The van der Waals surface area contributed by atoms with E-state index < -0.39 is 0 Å². The van der Waals surface area contributed by atoms with Crippen LogP contribution in [0.4, 0.5) is 0 Å². The Morgan fingerprint density at radius 2 is 2.04 bits per heavy atom. The van der Waals surface area contributed by atoms with Crippen molar-refractivity contribution in [3.8, 4) is 0 Å². The lowest BCUT2D eigenvalue weighted by molar-refractivity contribution is -0.126. The topological polar surface area (TPSA) is 50.2 Å². The fourth-order valence-electron chi connectivity index (χ4n) is 2.85. The number of aromatic nitrogens is 2. The summed E-state index contributed by atoms with van der Waals surface area (Å²) in [6.07, 6.45) is 3.71. The van der Waals surface area contributed by atoms with Gasteiger partial charge in [-0.3, -0.25) is 14.4 Å². The van der Waals surface area contributed by atoms with E-state index in [2.05, 4.69) is 15.3 Å². The van der Waals surface area contributed by atoms with E-state index in [1.165, 1.54) is 0 Å². The van der Waals surface area contributed by atoms with Crippen molar-refractivity contribution in [2.45, 2.75) is 12.6 Å². The molecule has 1 aliphatic rings. The summed E-state index contributed by atoms with van der Waals surface area (Å²) < 4.78 is 1.75. The zero-order valence-electron chi connectivity index (χ0n) is 13.3. The molecular weight excluding hydrogens is 308 g/mol. The molecule has 1 atom stereocenters. The Hall–Kier alpha value is -1.79. The Morgan fingerprint density at radius 1 is 1.30 bits per heavy atom. The lowest BCUT2D eigenvalue weighted by atomic mass is 10.0. The normalized spacial score (nSPS) is 16.9. The molecule has 1 saturated heterocycles. The third-order valence-electron chi connectivity index (χ3n) is 4.00. The molecule has 0 spiro atoms. The van der Waals surface area contributed by atoms with Gasteiger partial charge in [-0.15, -0.1) is 0 Å². The van der Waals surface area contributed by atoms with Gasteiger partial charge in [0.15, 0.2) is 0 Å². The van der Waals surface area contributed by atoms with Crippen LogP contribution in [0.1, 0.15) is 17.2 Å². The highest BCUT2D eigenvalue weighted by Gasteiger charge is 2.28. The van der Waals surface area contributed by atoms with Gasteiger partial charge in [0.25, 0.3) is 0 Å². The van der Waals surface area contributed by atoms with Crippen LogP contribution in [0, 0.1) is 0 Å².